The molecule has 0 saturated heterocycles. The molecule has 0 aliphatic heterocycles. The Bertz CT molecular complexity index is 1050. The van der Waals surface area contributed by atoms with E-state index < -0.39 is 5.91 Å². The summed E-state index contributed by atoms with van der Waals surface area (Å²) in [4.78, 5) is 12.0. The van der Waals surface area contributed by atoms with E-state index in [4.69, 9.17) is 5.26 Å². The van der Waals surface area contributed by atoms with Crippen molar-refractivity contribution in [2.24, 2.45) is 17.3 Å². The van der Waals surface area contributed by atoms with E-state index in [9.17, 15) is 9.90 Å². The SMILES string of the molecule is CNC(=O)c1cc2ccccc2c(/N=N/c2c(C#N)cnn2C)c1O. The lowest BCUT2D eigenvalue weighted by atomic mass is 10.0. The molecule has 8 heteroatoms. The van der Waals surface area contributed by atoms with Crippen molar-refractivity contribution in [1.82, 2.24) is 15.1 Å². The van der Waals surface area contributed by atoms with Gasteiger partial charge in [-0.3, -0.25) is 4.79 Å². The van der Waals surface area contributed by atoms with E-state index in [-0.39, 0.29) is 28.4 Å². The second-order valence-electron chi connectivity index (χ2n) is 5.24. The lowest BCUT2D eigenvalue weighted by Crippen LogP contribution is -2.17. The van der Waals surface area contributed by atoms with Crippen molar-refractivity contribution in [3.05, 3.63) is 47.7 Å². The number of carbonyl (C=O) groups is 1. The van der Waals surface area contributed by atoms with E-state index in [0.29, 0.717) is 5.39 Å². The van der Waals surface area contributed by atoms with Crippen molar-refractivity contribution in [1.29, 1.82) is 5.26 Å². The molecule has 0 aliphatic rings. The Hall–Kier alpha value is -3.73. The number of phenols is 1. The number of aromatic hydroxyl groups is 1. The third kappa shape index (κ3) is 2.79. The maximum Gasteiger partial charge on any atom is 0.254 e. The highest BCUT2D eigenvalue weighted by Crippen LogP contribution is 2.39. The van der Waals surface area contributed by atoms with E-state index in [0.717, 1.165) is 5.39 Å². The fourth-order valence-corrected chi connectivity index (χ4v) is 2.45. The summed E-state index contributed by atoms with van der Waals surface area (Å²) in [5.41, 5.74) is 0.514. The molecule has 1 amide bonds. The van der Waals surface area contributed by atoms with Crippen molar-refractivity contribution < 1.29 is 9.90 Å². The molecular formula is C17H14N6O2. The van der Waals surface area contributed by atoms with Crippen LogP contribution < -0.4 is 5.32 Å². The zero-order chi connectivity index (χ0) is 18.0. The number of aryl methyl sites for hydroxylation is 1. The highest BCUT2D eigenvalue weighted by Gasteiger charge is 2.17. The first kappa shape index (κ1) is 16.1. The molecule has 3 rings (SSSR count). The number of hydrogen-bond donors (Lipinski definition) is 2. The number of nitrogens with zero attached hydrogens (tertiary/aromatic N) is 5. The summed E-state index contributed by atoms with van der Waals surface area (Å²) >= 11 is 0. The van der Waals surface area contributed by atoms with Gasteiger partial charge in [-0.05, 0) is 11.5 Å². The molecule has 2 N–H and O–H groups in total. The fourth-order valence-electron chi connectivity index (χ4n) is 2.45. The molecule has 0 bridgehead atoms. The van der Waals surface area contributed by atoms with Crippen LogP contribution in [0.25, 0.3) is 10.8 Å². The van der Waals surface area contributed by atoms with Crippen LogP contribution in [-0.2, 0) is 7.05 Å². The summed E-state index contributed by atoms with van der Waals surface area (Å²) in [5, 5.41) is 35.6. The number of phenolic OH excluding ortho intramolecular Hbond substituents is 1. The molecule has 0 fully saturated rings. The van der Waals surface area contributed by atoms with Crippen LogP contribution in [0.5, 0.6) is 5.75 Å². The van der Waals surface area contributed by atoms with Crippen LogP contribution in [-0.4, -0.2) is 27.8 Å². The van der Waals surface area contributed by atoms with Gasteiger partial charge in [-0.25, -0.2) is 4.68 Å². The smallest absolute Gasteiger partial charge is 0.254 e. The van der Waals surface area contributed by atoms with E-state index >= 15 is 0 Å². The van der Waals surface area contributed by atoms with Crippen molar-refractivity contribution in [3.63, 3.8) is 0 Å². The van der Waals surface area contributed by atoms with Crippen molar-refractivity contribution in [2.75, 3.05) is 7.05 Å². The number of nitrogens with one attached hydrogen (secondary N) is 1. The van der Waals surface area contributed by atoms with Gasteiger partial charge in [0.25, 0.3) is 5.91 Å². The van der Waals surface area contributed by atoms with E-state index in [1.165, 1.54) is 17.9 Å². The van der Waals surface area contributed by atoms with E-state index in [1.807, 2.05) is 18.2 Å². The van der Waals surface area contributed by atoms with Crippen LogP contribution in [0.3, 0.4) is 0 Å². The van der Waals surface area contributed by atoms with Crippen LogP contribution in [0.2, 0.25) is 0 Å². The maximum atomic E-state index is 12.0. The number of carbonyl (C=O) groups excluding carboxylic acids is 1. The second kappa shape index (κ2) is 6.41. The Balaban J connectivity index is 2.22. The molecule has 0 saturated carbocycles. The minimum atomic E-state index is -0.432. The maximum absolute atomic E-state index is 12.0. The van der Waals surface area contributed by atoms with Crippen LogP contribution in [0, 0.1) is 11.3 Å². The Morgan fingerprint density at radius 3 is 2.84 bits per heavy atom. The highest BCUT2D eigenvalue weighted by molar-refractivity contribution is 6.06. The topological polar surface area (TPSA) is 116 Å². The summed E-state index contributed by atoms with van der Waals surface area (Å²) in [6.45, 7) is 0. The van der Waals surface area contributed by atoms with Crippen molar-refractivity contribution >= 4 is 28.2 Å². The van der Waals surface area contributed by atoms with Gasteiger partial charge in [-0.1, -0.05) is 24.3 Å². The summed E-state index contributed by atoms with van der Waals surface area (Å²) in [6, 6.07) is 10.8. The van der Waals surface area contributed by atoms with Crippen LogP contribution in [0.1, 0.15) is 15.9 Å². The molecule has 1 heterocycles. The molecule has 0 atom stereocenters. The molecule has 25 heavy (non-hydrogen) atoms. The molecule has 0 spiro atoms. The van der Waals surface area contributed by atoms with Crippen molar-refractivity contribution in [3.8, 4) is 11.8 Å². The number of fused-ring (bicyclic) bond motifs is 1. The van der Waals surface area contributed by atoms with E-state index in [1.54, 1.807) is 25.2 Å². The zero-order valence-electron chi connectivity index (χ0n) is 13.6. The van der Waals surface area contributed by atoms with Gasteiger partial charge >= 0.3 is 0 Å². The van der Waals surface area contributed by atoms with Crippen molar-refractivity contribution in [2.45, 2.75) is 0 Å². The molecule has 0 radical (unpaired) electrons. The minimum absolute atomic E-state index is 0.0978. The van der Waals surface area contributed by atoms with Crippen LogP contribution in [0.4, 0.5) is 11.5 Å². The number of azo groups is 1. The molecular weight excluding hydrogens is 320 g/mol. The minimum Gasteiger partial charge on any atom is -0.505 e. The fraction of sp³-hybridized carbons (Fsp3) is 0.118. The van der Waals surface area contributed by atoms with Gasteiger partial charge in [0, 0.05) is 19.5 Å². The number of hydrogen-bond acceptors (Lipinski definition) is 6. The summed E-state index contributed by atoms with van der Waals surface area (Å²) in [6.07, 6.45) is 1.38. The van der Waals surface area contributed by atoms with Gasteiger partial charge in [0.15, 0.2) is 11.6 Å². The Morgan fingerprint density at radius 2 is 2.12 bits per heavy atom. The van der Waals surface area contributed by atoms with Crippen LogP contribution in [0.15, 0.2) is 46.8 Å². The first-order valence-electron chi connectivity index (χ1n) is 7.37. The number of rotatable bonds is 3. The molecule has 8 nitrogen and oxygen atoms in total. The molecule has 0 unspecified atom stereocenters. The van der Waals surface area contributed by atoms with Gasteiger partial charge in [-0.15, -0.1) is 10.2 Å². The standard InChI is InChI=1S/C17H14N6O2/c1-19-17(25)13-7-10-5-3-4-6-12(10)14(15(13)24)21-22-16-11(8-18)9-20-23(16)2/h3-7,9,24H,1-2H3,(H,19,25)/b22-21+. The van der Waals surface area contributed by atoms with Gasteiger partial charge < -0.3 is 10.4 Å². The van der Waals surface area contributed by atoms with E-state index in [2.05, 4.69) is 20.6 Å². The number of amides is 1. The third-order valence-electron chi connectivity index (χ3n) is 3.74. The normalized spacial score (nSPS) is 10.9. The average molecular weight is 334 g/mol. The monoisotopic (exact) mass is 334 g/mol. The summed E-state index contributed by atoms with van der Waals surface area (Å²) in [5.74, 6) is -0.447. The van der Waals surface area contributed by atoms with Gasteiger partial charge in [0.05, 0.1) is 11.8 Å². The number of benzene rings is 2. The number of nitriles is 1. The lowest BCUT2D eigenvalue weighted by molar-refractivity contribution is 0.0960. The first-order valence-corrected chi connectivity index (χ1v) is 7.37. The van der Waals surface area contributed by atoms with Gasteiger partial charge in [0.2, 0.25) is 0 Å². The highest BCUT2D eigenvalue weighted by atomic mass is 16.3. The zero-order valence-corrected chi connectivity index (χ0v) is 13.6. The first-order chi connectivity index (χ1) is 12.1. The Labute approximate surface area is 143 Å². The number of aromatic nitrogens is 2. The van der Waals surface area contributed by atoms with Gasteiger partial charge in [0.1, 0.15) is 17.3 Å². The molecule has 3 aromatic rings. The predicted molar refractivity (Wildman–Crippen MR) is 91.1 cm³/mol. The summed E-state index contributed by atoms with van der Waals surface area (Å²) in [7, 11) is 3.11. The second-order valence-corrected chi connectivity index (χ2v) is 5.24. The average Bonchev–Trinajstić information content (AvgIpc) is 2.99. The molecule has 1 aromatic heterocycles. The Kier molecular flexibility index (Phi) is 4.14. The molecule has 0 aliphatic carbocycles. The quantitative estimate of drug-likeness (QED) is 0.716. The lowest BCUT2D eigenvalue weighted by Gasteiger charge is -2.09. The van der Waals surface area contributed by atoms with Crippen LogP contribution >= 0.6 is 0 Å². The third-order valence-corrected chi connectivity index (χ3v) is 3.74. The molecule has 2 aromatic carbocycles. The molecule has 124 valence electrons. The largest absolute Gasteiger partial charge is 0.505 e. The Morgan fingerprint density at radius 1 is 1.36 bits per heavy atom. The van der Waals surface area contributed by atoms with Gasteiger partial charge in [-0.2, -0.15) is 10.4 Å². The predicted octanol–water partition coefficient (Wildman–Crippen LogP) is 2.93. The summed E-state index contributed by atoms with van der Waals surface area (Å²) < 4.78 is 1.41.